The second-order valence-electron chi connectivity index (χ2n) is 7.87. The summed E-state index contributed by atoms with van der Waals surface area (Å²) < 4.78 is 0. The number of hydrogen-bond donors (Lipinski definition) is 3. The second kappa shape index (κ2) is 10.4. The summed E-state index contributed by atoms with van der Waals surface area (Å²) >= 11 is 0. The van der Waals surface area contributed by atoms with E-state index in [0.717, 1.165) is 5.56 Å². The molecule has 0 saturated heterocycles. The van der Waals surface area contributed by atoms with E-state index in [1.165, 1.54) is 0 Å². The van der Waals surface area contributed by atoms with E-state index in [1.807, 2.05) is 51.1 Å². The Morgan fingerprint density at radius 3 is 1.94 bits per heavy atom. The van der Waals surface area contributed by atoms with E-state index in [1.54, 1.807) is 48.5 Å². The van der Waals surface area contributed by atoms with Gasteiger partial charge >= 0.3 is 0 Å². The molecule has 3 N–H and O–H groups in total. The summed E-state index contributed by atoms with van der Waals surface area (Å²) in [6.07, 6.45) is 0. The number of anilines is 2. The standard InChI is InChI=1S/C26H27N3O3/c1-17(2)23(26(32)27-21-15-9-7-11-18(21)3)29-25(31)20-14-8-10-16-22(20)28-24(30)19-12-5-4-6-13-19/h4-17,23H,1-3H3,(H,27,32)(H,28,30)(H,29,31). The number of carbonyl (C=O) groups excluding carboxylic acids is 3. The number of nitrogens with one attached hydrogen (secondary N) is 3. The molecule has 0 bridgehead atoms. The summed E-state index contributed by atoms with van der Waals surface area (Å²) in [5, 5.41) is 8.50. The van der Waals surface area contributed by atoms with Gasteiger partial charge in [0.1, 0.15) is 6.04 Å². The molecule has 0 aliphatic rings. The van der Waals surface area contributed by atoms with Gasteiger partial charge in [-0.3, -0.25) is 14.4 Å². The maximum atomic E-state index is 13.1. The zero-order valence-electron chi connectivity index (χ0n) is 18.4. The van der Waals surface area contributed by atoms with Gasteiger partial charge in [-0.15, -0.1) is 0 Å². The van der Waals surface area contributed by atoms with Crippen molar-refractivity contribution in [1.29, 1.82) is 0 Å². The lowest BCUT2D eigenvalue weighted by atomic mass is 10.0. The van der Waals surface area contributed by atoms with Crippen molar-refractivity contribution < 1.29 is 14.4 Å². The molecule has 3 aromatic carbocycles. The van der Waals surface area contributed by atoms with Crippen LogP contribution in [0.1, 0.15) is 40.1 Å². The minimum atomic E-state index is -0.750. The summed E-state index contributed by atoms with van der Waals surface area (Å²) in [7, 11) is 0. The molecule has 0 fully saturated rings. The van der Waals surface area contributed by atoms with Crippen molar-refractivity contribution in [2.75, 3.05) is 10.6 Å². The highest BCUT2D eigenvalue weighted by molar-refractivity contribution is 6.10. The number of hydrogen-bond acceptors (Lipinski definition) is 3. The highest BCUT2D eigenvalue weighted by atomic mass is 16.2. The average molecular weight is 430 g/mol. The maximum absolute atomic E-state index is 13.1. The minimum absolute atomic E-state index is 0.144. The van der Waals surface area contributed by atoms with E-state index in [2.05, 4.69) is 16.0 Å². The van der Waals surface area contributed by atoms with Gasteiger partial charge in [0, 0.05) is 11.3 Å². The van der Waals surface area contributed by atoms with E-state index < -0.39 is 11.9 Å². The lowest BCUT2D eigenvalue weighted by Gasteiger charge is -2.23. The Kier molecular flexibility index (Phi) is 7.39. The molecule has 3 amide bonds. The second-order valence-corrected chi connectivity index (χ2v) is 7.87. The first-order chi connectivity index (χ1) is 15.4. The van der Waals surface area contributed by atoms with Crippen molar-refractivity contribution in [3.63, 3.8) is 0 Å². The van der Waals surface area contributed by atoms with Crippen molar-refractivity contribution in [2.45, 2.75) is 26.8 Å². The van der Waals surface area contributed by atoms with Gasteiger partial charge in [-0.05, 0) is 48.7 Å². The smallest absolute Gasteiger partial charge is 0.255 e. The van der Waals surface area contributed by atoms with Gasteiger partial charge in [-0.25, -0.2) is 0 Å². The molecule has 0 saturated carbocycles. The fraction of sp³-hybridized carbons (Fsp3) is 0.192. The van der Waals surface area contributed by atoms with E-state index >= 15 is 0 Å². The zero-order valence-corrected chi connectivity index (χ0v) is 18.4. The SMILES string of the molecule is Cc1ccccc1NC(=O)C(NC(=O)c1ccccc1NC(=O)c1ccccc1)C(C)C. The van der Waals surface area contributed by atoms with Crippen molar-refractivity contribution in [1.82, 2.24) is 5.32 Å². The minimum Gasteiger partial charge on any atom is -0.340 e. The molecule has 0 radical (unpaired) electrons. The summed E-state index contributed by atoms with van der Waals surface area (Å²) in [6.45, 7) is 5.64. The molecule has 0 heterocycles. The lowest BCUT2D eigenvalue weighted by Crippen LogP contribution is -2.47. The van der Waals surface area contributed by atoms with Crippen LogP contribution in [0.3, 0.4) is 0 Å². The molecular weight excluding hydrogens is 402 g/mol. The summed E-state index contributed by atoms with van der Waals surface area (Å²) in [6, 6.07) is 22.2. The normalized spacial score (nSPS) is 11.5. The molecule has 32 heavy (non-hydrogen) atoms. The molecule has 164 valence electrons. The number of carbonyl (C=O) groups is 3. The Bertz CT molecular complexity index is 1110. The first-order valence-corrected chi connectivity index (χ1v) is 10.5. The third-order valence-electron chi connectivity index (χ3n) is 5.09. The van der Waals surface area contributed by atoms with Crippen LogP contribution in [0.25, 0.3) is 0 Å². The fourth-order valence-corrected chi connectivity index (χ4v) is 3.25. The number of rotatable bonds is 7. The first kappa shape index (κ1) is 22.7. The molecular formula is C26H27N3O3. The zero-order chi connectivity index (χ0) is 23.1. The summed E-state index contributed by atoms with van der Waals surface area (Å²) in [4.78, 5) is 38.6. The molecule has 1 atom stereocenters. The average Bonchev–Trinajstić information content (AvgIpc) is 2.79. The van der Waals surface area contributed by atoms with Gasteiger partial charge in [0.05, 0.1) is 11.3 Å². The Hall–Kier alpha value is -3.93. The Morgan fingerprint density at radius 1 is 0.688 bits per heavy atom. The quantitative estimate of drug-likeness (QED) is 0.511. The number of amides is 3. The molecule has 0 aliphatic carbocycles. The maximum Gasteiger partial charge on any atom is 0.255 e. The number of aryl methyl sites for hydroxylation is 1. The van der Waals surface area contributed by atoms with Gasteiger partial charge in [-0.2, -0.15) is 0 Å². The molecule has 0 aliphatic heterocycles. The molecule has 0 spiro atoms. The molecule has 6 heteroatoms. The van der Waals surface area contributed by atoms with E-state index in [4.69, 9.17) is 0 Å². The molecule has 1 unspecified atom stereocenters. The first-order valence-electron chi connectivity index (χ1n) is 10.5. The lowest BCUT2D eigenvalue weighted by molar-refractivity contribution is -0.118. The third-order valence-corrected chi connectivity index (χ3v) is 5.09. The van der Waals surface area contributed by atoms with Crippen LogP contribution in [0, 0.1) is 12.8 Å². The summed E-state index contributed by atoms with van der Waals surface area (Å²) in [5.74, 6) is -1.20. The van der Waals surface area contributed by atoms with E-state index in [0.29, 0.717) is 16.9 Å². The van der Waals surface area contributed by atoms with Crippen LogP contribution in [-0.2, 0) is 4.79 Å². The number of benzene rings is 3. The van der Waals surface area contributed by atoms with Crippen LogP contribution >= 0.6 is 0 Å². The van der Waals surface area contributed by atoms with Gasteiger partial charge in [0.2, 0.25) is 5.91 Å². The van der Waals surface area contributed by atoms with Gasteiger partial charge in [-0.1, -0.05) is 62.4 Å². The van der Waals surface area contributed by atoms with Gasteiger partial charge in [0.15, 0.2) is 0 Å². The fourth-order valence-electron chi connectivity index (χ4n) is 3.25. The Labute approximate surface area is 188 Å². The molecule has 0 aromatic heterocycles. The Balaban J connectivity index is 1.76. The number of para-hydroxylation sites is 2. The monoisotopic (exact) mass is 429 g/mol. The predicted octanol–water partition coefficient (Wildman–Crippen LogP) is 4.64. The Morgan fingerprint density at radius 2 is 1.28 bits per heavy atom. The highest BCUT2D eigenvalue weighted by Gasteiger charge is 2.26. The van der Waals surface area contributed by atoms with Crippen LogP contribution in [-0.4, -0.2) is 23.8 Å². The van der Waals surface area contributed by atoms with Crippen molar-refractivity contribution in [2.24, 2.45) is 5.92 Å². The van der Waals surface area contributed by atoms with Crippen LogP contribution in [0.5, 0.6) is 0 Å². The predicted molar refractivity (Wildman–Crippen MR) is 127 cm³/mol. The van der Waals surface area contributed by atoms with Crippen LogP contribution in [0.4, 0.5) is 11.4 Å². The topological polar surface area (TPSA) is 87.3 Å². The summed E-state index contributed by atoms with van der Waals surface area (Å²) in [5.41, 5.74) is 2.78. The van der Waals surface area contributed by atoms with Crippen molar-refractivity contribution in [3.05, 3.63) is 95.6 Å². The van der Waals surface area contributed by atoms with Crippen molar-refractivity contribution >= 4 is 29.1 Å². The van der Waals surface area contributed by atoms with Crippen LogP contribution in [0.2, 0.25) is 0 Å². The van der Waals surface area contributed by atoms with Gasteiger partial charge < -0.3 is 16.0 Å². The third kappa shape index (κ3) is 5.60. The largest absolute Gasteiger partial charge is 0.340 e. The highest BCUT2D eigenvalue weighted by Crippen LogP contribution is 2.18. The van der Waals surface area contributed by atoms with Crippen LogP contribution in [0.15, 0.2) is 78.9 Å². The van der Waals surface area contributed by atoms with Gasteiger partial charge in [0.25, 0.3) is 11.8 Å². The van der Waals surface area contributed by atoms with Crippen molar-refractivity contribution in [3.8, 4) is 0 Å². The van der Waals surface area contributed by atoms with E-state index in [9.17, 15) is 14.4 Å². The molecule has 3 aromatic rings. The van der Waals surface area contributed by atoms with Crippen LogP contribution < -0.4 is 16.0 Å². The molecule has 6 nitrogen and oxygen atoms in total. The van der Waals surface area contributed by atoms with E-state index in [-0.39, 0.29) is 23.3 Å². The molecule has 3 rings (SSSR count).